The van der Waals surface area contributed by atoms with Crippen LogP contribution >= 0.6 is 0 Å². The number of benzene rings is 1. The van der Waals surface area contributed by atoms with Gasteiger partial charge in [-0.3, -0.25) is 9.78 Å². The smallest absolute Gasteiger partial charge is 0.270 e. The van der Waals surface area contributed by atoms with Crippen molar-refractivity contribution in [1.29, 1.82) is 0 Å². The topological polar surface area (TPSA) is 62.2 Å². The summed E-state index contributed by atoms with van der Waals surface area (Å²) >= 11 is 0. The van der Waals surface area contributed by atoms with Crippen LogP contribution < -0.4 is 5.32 Å². The number of carbonyl (C=O) groups excluding carboxylic acids is 1. The summed E-state index contributed by atoms with van der Waals surface area (Å²) in [5.41, 5.74) is 0.128. The molecule has 1 unspecified atom stereocenters. The largest absolute Gasteiger partial charge is 0.391 e. The Morgan fingerprint density at radius 1 is 1.30 bits per heavy atom. The van der Waals surface area contributed by atoms with E-state index < -0.39 is 6.10 Å². The van der Waals surface area contributed by atoms with Gasteiger partial charge in [0.15, 0.2) is 0 Å². The van der Waals surface area contributed by atoms with Crippen molar-refractivity contribution in [2.75, 3.05) is 6.54 Å². The van der Waals surface area contributed by atoms with E-state index >= 15 is 0 Å². The second-order valence-electron chi connectivity index (χ2n) is 5.97. The number of aliphatic hydroxyl groups excluding tert-OH is 1. The number of hydrogen-bond donors (Lipinski definition) is 2. The highest BCUT2D eigenvalue weighted by Crippen LogP contribution is 2.19. The summed E-state index contributed by atoms with van der Waals surface area (Å²) in [4.78, 5) is 16.4. The van der Waals surface area contributed by atoms with E-state index in [4.69, 9.17) is 0 Å². The highest BCUT2D eigenvalue weighted by atomic mass is 16.3. The lowest BCUT2D eigenvalue weighted by molar-refractivity contribution is 0.0586. The summed E-state index contributed by atoms with van der Waals surface area (Å²) < 4.78 is 0. The molecular formula is C16H20N2O2. The molecule has 0 aliphatic carbocycles. The number of hydrogen-bond acceptors (Lipinski definition) is 3. The number of aliphatic hydroxyl groups is 1. The highest BCUT2D eigenvalue weighted by molar-refractivity contribution is 6.05. The molecule has 0 spiro atoms. The van der Waals surface area contributed by atoms with Gasteiger partial charge in [0.2, 0.25) is 0 Å². The van der Waals surface area contributed by atoms with Crippen molar-refractivity contribution < 1.29 is 9.90 Å². The predicted octanol–water partition coefficient (Wildman–Crippen LogP) is 2.37. The van der Waals surface area contributed by atoms with E-state index in [0.29, 0.717) is 5.69 Å². The third-order valence-corrected chi connectivity index (χ3v) is 3.34. The average molecular weight is 272 g/mol. The molecule has 0 aliphatic heterocycles. The van der Waals surface area contributed by atoms with Gasteiger partial charge in [0, 0.05) is 18.1 Å². The van der Waals surface area contributed by atoms with E-state index in [1.54, 1.807) is 6.20 Å². The van der Waals surface area contributed by atoms with Crippen molar-refractivity contribution in [3.63, 3.8) is 0 Å². The first-order chi connectivity index (χ1) is 9.39. The van der Waals surface area contributed by atoms with Crippen LogP contribution in [0.3, 0.4) is 0 Å². The lowest BCUT2D eigenvalue weighted by atomic mass is 9.89. The summed E-state index contributed by atoms with van der Waals surface area (Å²) in [5, 5.41) is 14.5. The molecule has 4 nitrogen and oxygen atoms in total. The number of nitrogens with zero attached hydrogens (tertiary/aromatic N) is 1. The van der Waals surface area contributed by atoms with Gasteiger partial charge in [-0.25, -0.2) is 0 Å². The fraction of sp³-hybridized carbons (Fsp3) is 0.375. The molecule has 1 aromatic carbocycles. The van der Waals surface area contributed by atoms with Gasteiger partial charge in [-0.1, -0.05) is 45.0 Å². The van der Waals surface area contributed by atoms with Crippen LogP contribution in [-0.4, -0.2) is 28.6 Å². The Bertz CT molecular complexity index is 612. The number of carbonyl (C=O) groups is 1. The van der Waals surface area contributed by atoms with E-state index in [9.17, 15) is 9.90 Å². The van der Waals surface area contributed by atoms with Crippen LogP contribution in [0.5, 0.6) is 0 Å². The Balaban J connectivity index is 2.16. The van der Waals surface area contributed by atoms with Crippen LogP contribution in [-0.2, 0) is 0 Å². The van der Waals surface area contributed by atoms with E-state index in [1.165, 1.54) is 0 Å². The average Bonchev–Trinajstić information content (AvgIpc) is 2.42. The minimum Gasteiger partial charge on any atom is -0.391 e. The van der Waals surface area contributed by atoms with Gasteiger partial charge < -0.3 is 10.4 Å². The first kappa shape index (κ1) is 14.5. The van der Waals surface area contributed by atoms with Crippen molar-refractivity contribution in [3.8, 4) is 0 Å². The maximum absolute atomic E-state index is 12.2. The highest BCUT2D eigenvalue weighted by Gasteiger charge is 2.23. The molecule has 106 valence electrons. The minimum absolute atomic E-state index is 0.216. The van der Waals surface area contributed by atoms with Crippen molar-refractivity contribution >= 4 is 16.7 Å². The predicted molar refractivity (Wildman–Crippen MR) is 79.5 cm³/mol. The molecule has 0 radical (unpaired) electrons. The van der Waals surface area contributed by atoms with Crippen molar-refractivity contribution in [3.05, 3.63) is 42.2 Å². The van der Waals surface area contributed by atoms with Crippen molar-refractivity contribution in [2.24, 2.45) is 5.41 Å². The Hall–Kier alpha value is -1.94. The molecule has 1 amide bonds. The number of amides is 1. The molecule has 1 atom stereocenters. The fourth-order valence-corrected chi connectivity index (χ4v) is 1.88. The van der Waals surface area contributed by atoms with E-state index in [2.05, 4.69) is 10.3 Å². The molecule has 1 aromatic heterocycles. The molecule has 0 bridgehead atoms. The zero-order chi connectivity index (χ0) is 14.8. The van der Waals surface area contributed by atoms with Crippen LogP contribution in [0.4, 0.5) is 0 Å². The van der Waals surface area contributed by atoms with Crippen LogP contribution in [0.25, 0.3) is 10.8 Å². The lowest BCUT2D eigenvalue weighted by Gasteiger charge is -2.25. The Labute approximate surface area is 118 Å². The van der Waals surface area contributed by atoms with E-state index in [0.717, 1.165) is 10.8 Å². The summed E-state index contributed by atoms with van der Waals surface area (Å²) in [6.45, 7) is 6.01. The molecule has 2 rings (SSSR count). The molecule has 4 heteroatoms. The first-order valence-electron chi connectivity index (χ1n) is 6.69. The van der Waals surface area contributed by atoms with Crippen molar-refractivity contribution in [1.82, 2.24) is 10.3 Å². The third kappa shape index (κ3) is 3.14. The molecular weight excluding hydrogens is 252 g/mol. The van der Waals surface area contributed by atoms with Crippen LogP contribution in [0, 0.1) is 5.41 Å². The standard InChI is InChI=1S/C16H20N2O2/c1-16(2,3)13(19)10-18-15(20)14-12-7-5-4-6-11(12)8-9-17-14/h4-9,13,19H,10H2,1-3H3,(H,18,20). The maximum Gasteiger partial charge on any atom is 0.270 e. The summed E-state index contributed by atoms with van der Waals surface area (Å²) in [6, 6.07) is 9.49. The molecule has 0 saturated carbocycles. The fourth-order valence-electron chi connectivity index (χ4n) is 1.88. The molecule has 1 heterocycles. The van der Waals surface area contributed by atoms with Gasteiger partial charge in [-0.2, -0.15) is 0 Å². The molecule has 0 saturated heterocycles. The van der Waals surface area contributed by atoms with Gasteiger partial charge in [0.05, 0.1) is 6.10 Å². The number of nitrogens with one attached hydrogen (secondary N) is 1. The van der Waals surface area contributed by atoms with Gasteiger partial charge in [0.25, 0.3) is 5.91 Å². The Morgan fingerprint density at radius 2 is 2.00 bits per heavy atom. The van der Waals surface area contributed by atoms with Crippen LogP contribution in [0.1, 0.15) is 31.3 Å². The van der Waals surface area contributed by atoms with Crippen molar-refractivity contribution in [2.45, 2.75) is 26.9 Å². The molecule has 0 aliphatic rings. The van der Waals surface area contributed by atoms with Gasteiger partial charge in [0.1, 0.15) is 5.69 Å². The molecule has 0 fully saturated rings. The Morgan fingerprint density at radius 3 is 2.70 bits per heavy atom. The zero-order valence-electron chi connectivity index (χ0n) is 12.1. The second kappa shape index (κ2) is 5.59. The Kier molecular flexibility index (Phi) is 4.04. The zero-order valence-corrected chi connectivity index (χ0v) is 12.1. The quantitative estimate of drug-likeness (QED) is 0.901. The van der Waals surface area contributed by atoms with Gasteiger partial charge in [-0.15, -0.1) is 0 Å². The maximum atomic E-state index is 12.2. The summed E-state index contributed by atoms with van der Waals surface area (Å²) in [5.74, 6) is -0.259. The van der Waals surface area contributed by atoms with E-state index in [1.807, 2.05) is 51.1 Å². The van der Waals surface area contributed by atoms with Crippen LogP contribution in [0.2, 0.25) is 0 Å². The number of fused-ring (bicyclic) bond motifs is 1. The van der Waals surface area contributed by atoms with Gasteiger partial charge in [-0.05, 0) is 16.9 Å². The molecule has 2 aromatic rings. The summed E-state index contributed by atoms with van der Waals surface area (Å²) in [7, 11) is 0. The van der Waals surface area contributed by atoms with Crippen LogP contribution in [0.15, 0.2) is 36.5 Å². The third-order valence-electron chi connectivity index (χ3n) is 3.34. The number of pyridine rings is 1. The number of aromatic nitrogens is 1. The normalized spacial score (nSPS) is 13.2. The molecule has 20 heavy (non-hydrogen) atoms. The summed E-state index contributed by atoms with van der Waals surface area (Å²) in [6.07, 6.45) is 1.03. The SMILES string of the molecule is CC(C)(C)C(O)CNC(=O)c1nccc2ccccc12. The lowest BCUT2D eigenvalue weighted by Crippen LogP contribution is -2.39. The monoisotopic (exact) mass is 272 g/mol. The molecule has 2 N–H and O–H groups in total. The first-order valence-corrected chi connectivity index (χ1v) is 6.69. The minimum atomic E-state index is -0.596. The number of rotatable bonds is 3. The second-order valence-corrected chi connectivity index (χ2v) is 5.97. The van der Waals surface area contributed by atoms with E-state index in [-0.39, 0.29) is 17.9 Å². The van der Waals surface area contributed by atoms with Gasteiger partial charge >= 0.3 is 0 Å².